The van der Waals surface area contributed by atoms with Gasteiger partial charge in [0, 0.05) is 6.54 Å². The first-order valence-corrected chi connectivity index (χ1v) is 7.75. The molecule has 0 fully saturated rings. The monoisotopic (exact) mass is 305 g/mol. The average molecular weight is 305 g/mol. The SMILES string of the molecule is Cc1cccc(CNS(=O)(=O)c2cccc(C(=O)O)c2)c1. The lowest BCUT2D eigenvalue weighted by molar-refractivity contribution is 0.0696. The van der Waals surface area contributed by atoms with Crippen LogP contribution in [0.2, 0.25) is 0 Å². The molecule has 2 aromatic carbocycles. The molecule has 0 aliphatic carbocycles. The maximum absolute atomic E-state index is 12.2. The number of carboxylic acids is 1. The summed E-state index contributed by atoms with van der Waals surface area (Å²) >= 11 is 0. The Kier molecular flexibility index (Phi) is 4.40. The molecular weight excluding hydrogens is 290 g/mol. The third-order valence-electron chi connectivity index (χ3n) is 2.94. The van der Waals surface area contributed by atoms with Crippen molar-refractivity contribution >= 4 is 16.0 Å². The van der Waals surface area contributed by atoms with Gasteiger partial charge in [0.1, 0.15) is 0 Å². The third kappa shape index (κ3) is 3.90. The van der Waals surface area contributed by atoms with E-state index in [1.165, 1.54) is 18.2 Å². The first kappa shape index (κ1) is 15.2. The lowest BCUT2D eigenvalue weighted by atomic mass is 10.1. The van der Waals surface area contributed by atoms with Crippen LogP contribution in [0.4, 0.5) is 0 Å². The molecule has 2 aromatic rings. The summed E-state index contributed by atoms with van der Waals surface area (Å²) in [6, 6.07) is 12.7. The topological polar surface area (TPSA) is 83.5 Å². The Morgan fingerprint density at radius 3 is 2.52 bits per heavy atom. The molecule has 2 N–H and O–H groups in total. The van der Waals surface area contributed by atoms with Crippen LogP contribution >= 0.6 is 0 Å². The molecule has 0 saturated carbocycles. The predicted octanol–water partition coefficient (Wildman–Crippen LogP) is 2.17. The number of hydrogen-bond donors (Lipinski definition) is 2. The van der Waals surface area contributed by atoms with Crippen LogP contribution in [-0.2, 0) is 16.6 Å². The maximum atomic E-state index is 12.2. The van der Waals surface area contributed by atoms with E-state index in [0.717, 1.165) is 17.2 Å². The summed E-state index contributed by atoms with van der Waals surface area (Å²) in [5, 5.41) is 8.90. The van der Waals surface area contributed by atoms with Gasteiger partial charge in [0.15, 0.2) is 0 Å². The minimum Gasteiger partial charge on any atom is -0.478 e. The highest BCUT2D eigenvalue weighted by molar-refractivity contribution is 7.89. The van der Waals surface area contributed by atoms with Crippen LogP contribution in [0, 0.1) is 6.92 Å². The fourth-order valence-electron chi connectivity index (χ4n) is 1.88. The predicted molar refractivity (Wildman–Crippen MR) is 78.6 cm³/mol. The van der Waals surface area contributed by atoms with Crippen LogP contribution in [0.25, 0.3) is 0 Å². The normalized spacial score (nSPS) is 11.3. The van der Waals surface area contributed by atoms with Gasteiger partial charge in [-0.05, 0) is 30.7 Å². The van der Waals surface area contributed by atoms with E-state index >= 15 is 0 Å². The van der Waals surface area contributed by atoms with Crippen molar-refractivity contribution in [2.75, 3.05) is 0 Å². The Balaban J connectivity index is 2.19. The van der Waals surface area contributed by atoms with E-state index in [4.69, 9.17) is 5.11 Å². The number of carboxylic acid groups (broad SMARTS) is 1. The van der Waals surface area contributed by atoms with Gasteiger partial charge >= 0.3 is 5.97 Å². The molecule has 2 rings (SSSR count). The Labute approximate surface area is 123 Å². The zero-order valence-electron chi connectivity index (χ0n) is 11.4. The van der Waals surface area contributed by atoms with E-state index in [1.807, 2.05) is 31.2 Å². The average Bonchev–Trinajstić information content (AvgIpc) is 2.45. The highest BCUT2D eigenvalue weighted by atomic mass is 32.2. The molecule has 5 nitrogen and oxygen atoms in total. The number of aromatic carboxylic acids is 1. The van der Waals surface area contributed by atoms with Crippen LogP contribution in [0.3, 0.4) is 0 Å². The second-order valence-corrected chi connectivity index (χ2v) is 6.41. The first-order chi connectivity index (χ1) is 9.88. The van der Waals surface area contributed by atoms with Crippen LogP contribution in [0.15, 0.2) is 53.4 Å². The van der Waals surface area contributed by atoms with Crippen LogP contribution in [0.1, 0.15) is 21.5 Å². The van der Waals surface area contributed by atoms with Crippen molar-refractivity contribution < 1.29 is 18.3 Å². The zero-order chi connectivity index (χ0) is 15.5. The molecule has 0 unspecified atom stereocenters. The van der Waals surface area contributed by atoms with Crippen molar-refractivity contribution in [2.45, 2.75) is 18.4 Å². The summed E-state index contributed by atoms with van der Waals surface area (Å²) in [5.74, 6) is -1.16. The van der Waals surface area contributed by atoms with Gasteiger partial charge in [-0.2, -0.15) is 0 Å². The summed E-state index contributed by atoms with van der Waals surface area (Å²) in [4.78, 5) is 10.8. The van der Waals surface area contributed by atoms with Crippen molar-refractivity contribution in [2.24, 2.45) is 0 Å². The van der Waals surface area contributed by atoms with Gasteiger partial charge in [-0.1, -0.05) is 35.9 Å². The Morgan fingerprint density at radius 2 is 1.86 bits per heavy atom. The first-order valence-electron chi connectivity index (χ1n) is 6.27. The van der Waals surface area contributed by atoms with Gasteiger partial charge in [-0.3, -0.25) is 0 Å². The molecular formula is C15H15NO4S. The molecule has 21 heavy (non-hydrogen) atoms. The van der Waals surface area contributed by atoms with Crippen molar-refractivity contribution in [3.05, 3.63) is 65.2 Å². The Morgan fingerprint density at radius 1 is 1.14 bits per heavy atom. The molecule has 0 aliphatic heterocycles. The van der Waals surface area contributed by atoms with Crippen molar-refractivity contribution in [1.82, 2.24) is 4.72 Å². The number of nitrogens with one attached hydrogen (secondary N) is 1. The summed E-state index contributed by atoms with van der Waals surface area (Å²) in [6.45, 7) is 2.08. The molecule has 0 amide bonds. The van der Waals surface area contributed by atoms with Gasteiger partial charge in [0.2, 0.25) is 10.0 Å². The van der Waals surface area contributed by atoms with E-state index in [2.05, 4.69) is 4.72 Å². The molecule has 6 heteroatoms. The van der Waals surface area contributed by atoms with Crippen LogP contribution < -0.4 is 4.72 Å². The van der Waals surface area contributed by atoms with Gasteiger partial charge in [-0.15, -0.1) is 0 Å². The van der Waals surface area contributed by atoms with Gasteiger partial charge < -0.3 is 5.11 Å². The molecule has 0 heterocycles. The molecule has 0 spiro atoms. The highest BCUT2D eigenvalue weighted by Crippen LogP contribution is 2.12. The van der Waals surface area contributed by atoms with Gasteiger partial charge in [-0.25, -0.2) is 17.9 Å². The Hall–Kier alpha value is -2.18. The number of hydrogen-bond acceptors (Lipinski definition) is 3. The second-order valence-electron chi connectivity index (χ2n) is 4.65. The van der Waals surface area contributed by atoms with Gasteiger partial charge in [0.25, 0.3) is 0 Å². The van der Waals surface area contributed by atoms with Gasteiger partial charge in [0.05, 0.1) is 10.5 Å². The minimum absolute atomic E-state index is 0.0601. The number of sulfonamides is 1. The lowest BCUT2D eigenvalue weighted by Crippen LogP contribution is -2.23. The van der Waals surface area contributed by atoms with Crippen molar-refractivity contribution in [3.8, 4) is 0 Å². The van der Waals surface area contributed by atoms with E-state index in [0.29, 0.717) is 0 Å². The maximum Gasteiger partial charge on any atom is 0.335 e. The van der Waals surface area contributed by atoms with E-state index in [-0.39, 0.29) is 17.0 Å². The molecule has 0 bridgehead atoms. The summed E-state index contributed by atoms with van der Waals surface area (Å²) in [6.07, 6.45) is 0. The summed E-state index contributed by atoms with van der Waals surface area (Å²) in [5.41, 5.74) is 1.82. The molecule has 110 valence electrons. The largest absolute Gasteiger partial charge is 0.478 e. The lowest BCUT2D eigenvalue weighted by Gasteiger charge is -2.08. The number of carbonyl (C=O) groups is 1. The number of rotatable bonds is 5. The number of benzene rings is 2. The standard InChI is InChI=1S/C15H15NO4S/c1-11-4-2-5-12(8-11)10-16-21(19,20)14-7-3-6-13(9-14)15(17)18/h2-9,16H,10H2,1H3,(H,17,18). The molecule has 0 saturated heterocycles. The molecule has 0 radical (unpaired) electrons. The zero-order valence-corrected chi connectivity index (χ0v) is 12.2. The minimum atomic E-state index is -3.74. The fraction of sp³-hybridized carbons (Fsp3) is 0.133. The summed E-state index contributed by atoms with van der Waals surface area (Å²) < 4.78 is 26.8. The fourth-order valence-corrected chi connectivity index (χ4v) is 2.94. The van der Waals surface area contributed by atoms with E-state index < -0.39 is 16.0 Å². The quantitative estimate of drug-likeness (QED) is 0.887. The summed E-state index contributed by atoms with van der Waals surface area (Å²) in [7, 11) is -3.74. The van der Waals surface area contributed by atoms with Crippen molar-refractivity contribution in [3.63, 3.8) is 0 Å². The van der Waals surface area contributed by atoms with E-state index in [9.17, 15) is 13.2 Å². The molecule has 0 aromatic heterocycles. The smallest absolute Gasteiger partial charge is 0.335 e. The van der Waals surface area contributed by atoms with Crippen molar-refractivity contribution in [1.29, 1.82) is 0 Å². The Bertz CT molecular complexity index is 769. The second kappa shape index (κ2) is 6.07. The molecule has 0 aliphatic rings. The molecule has 0 atom stereocenters. The highest BCUT2D eigenvalue weighted by Gasteiger charge is 2.15. The van der Waals surface area contributed by atoms with Crippen LogP contribution in [0.5, 0.6) is 0 Å². The number of aryl methyl sites for hydroxylation is 1. The van der Waals surface area contributed by atoms with Crippen LogP contribution in [-0.4, -0.2) is 19.5 Å². The van der Waals surface area contributed by atoms with E-state index in [1.54, 1.807) is 0 Å². The third-order valence-corrected chi connectivity index (χ3v) is 4.34.